The van der Waals surface area contributed by atoms with Crippen molar-refractivity contribution in [3.05, 3.63) is 67.2 Å². The van der Waals surface area contributed by atoms with Gasteiger partial charge in [-0.15, -0.1) is 10.2 Å². The van der Waals surface area contributed by atoms with Crippen LogP contribution in [0, 0.1) is 20.2 Å². The van der Waals surface area contributed by atoms with E-state index >= 15 is 0 Å². The lowest BCUT2D eigenvalue weighted by molar-refractivity contribution is -0.394. The number of carbonyl (C=O) groups is 1. The highest BCUT2D eigenvalue weighted by molar-refractivity contribution is 6.33. The molecule has 0 aliphatic heterocycles. The second-order valence-corrected chi connectivity index (χ2v) is 6.24. The summed E-state index contributed by atoms with van der Waals surface area (Å²) in [6, 6.07) is 8.27. The Labute approximate surface area is 177 Å². The van der Waals surface area contributed by atoms with Crippen molar-refractivity contribution in [2.45, 2.75) is 6.54 Å². The number of nitrogens with one attached hydrogen (secondary N) is 1. The number of nitro benzene ring substituents is 2. The molecule has 14 nitrogen and oxygen atoms in total. The highest BCUT2D eigenvalue weighted by Gasteiger charge is 2.23. The number of phenolic OH excluding ortho intramolecular Hbond substituents is 1. The molecule has 158 valence electrons. The molecule has 15 heteroatoms. The first-order chi connectivity index (χ1) is 14.8. The van der Waals surface area contributed by atoms with Crippen LogP contribution < -0.4 is 5.43 Å². The maximum atomic E-state index is 12.0. The van der Waals surface area contributed by atoms with Crippen molar-refractivity contribution in [1.29, 1.82) is 0 Å². The zero-order chi connectivity index (χ0) is 22.5. The zero-order valence-corrected chi connectivity index (χ0v) is 16.0. The van der Waals surface area contributed by atoms with Crippen molar-refractivity contribution in [3.8, 4) is 17.1 Å². The van der Waals surface area contributed by atoms with E-state index in [9.17, 15) is 30.1 Å². The predicted octanol–water partition coefficient (Wildman–Crippen LogP) is 1.67. The topological polar surface area (TPSA) is 192 Å². The Morgan fingerprint density at radius 3 is 2.68 bits per heavy atom. The van der Waals surface area contributed by atoms with Crippen molar-refractivity contribution < 1.29 is 19.7 Å². The molecular weight excluding hydrogens is 436 g/mol. The number of carbonyl (C=O) groups excluding carboxylic acids is 1. The largest absolute Gasteiger partial charge is 0.502 e. The Balaban J connectivity index is 1.70. The normalized spacial score (nSPS) is 10.9. The molecule has 1 aromatic heterocycles. The third-order valence-corrected chi connectivity index (χ3v) is 4.09. The number of nitro groups is 2. The standard InChI is InChI=1S/C16H11ClN8O6/c17-12-4-2-1-3-11(12)16-20-22-23(21-16)8-14(26)19-18-7-9-5-10(24(28)29)6-13(15(9)27)25(30)31/h1-7,27H,8H2,(H,19,26). The molecule has 0 saturated carbocycles. The maximum absolute atomic E-state index is 12.0. The van der Waals surface area contributed by atoms with Crippen LogP contribution >= 0.6 is 11.6 Å². The quantitative estimate of drug-likeness (QED) is 0.308. The van der Waals surface area contributed by atoms with Gasteiger partial charge in [-0.25, -0.2) is 5.43 Å². The summed E-state index contributed by atoms with van der Waals surface area (Å²) >= 11 is 6.05. The molecule has 0 saturated heterocycles. The molecule has 2 aromatic carbocycles. The van der Waals surface area contributed by atoms with Crippen LogP contribution in [0.3, 0.4) is 0 Å². The minimum Gasteiger partial charge on any atom is -0.502 e. The third kappa shape index (κ3) is 4.94. The fraction of sp³-hybridized carbons (Fsp3) is 0.0625. The first-order valence-electron chi connectivity index (χ1n) is 8.26. The second kappa shape index (κ2) is 8.91. The predicted molar refractivity (Wildman–Crippen MR) is 105 cm³/mol. The number of nitrogens with zero attached hydrogens (tertiary/aromatic N) is 7. The van der Waals surface area contributed by atoms with Crippen molar-refractivity contribution in [3.63, 3.8) is 0 Å². The Bertz CT molecular complexity index is 1210. The molecule has 0 spiro atoms. The average molecular weight is 447 g/mol. The lowest BCUT2D eigenvalue weighted by Gasteiger charge is -2.01. The van der Waals surface area contributed by atoms with Gasteiger partial charge in [0.05, 0.1) is 32.7 Å². The molecule has 0 unspecified atom stereocenters. The van der Waals surface area contributed by atoms with E-state index < -0.39 is 32.9 Å². The summed E-state index contributed by atoms with van der Waals surface area (Å²) in [7, 11) is 0. The van der Waals surface area contributed by atoms with Crippen molar-refractivity contribution in [2.75, 3.05) is 0 Å². The minimum absolute atomic E-state index is 0.204. The van der Waals surface area contributed by atoms with Gasteiger partial charge in [-0.3, -0.25) is 25.0 Å². The number of halogens is 1. The van der Waals surface area contributed by atoms with Gasteiger partial charge in [0.15, 0.2) is 0 Å². The van der Waals surface area contributed by atoms with Gasteiger partial charge in [-0.05, 0) is 17.3 Å². The number of hydrogen-bond donors (Lipinski definition) is 2. The fourth-order valence-corrected chi connectivity index (χ4v) is 2.59. The number of tetrazole rings is 1. The molecule has 0 aliphatic rings. The number of rotatable bonds is 7. The summed E-state index contributed by atoms with van der Waals surface area (Å²) < 4.78 is 0. The van der Waals surface area contributed by atoms with E-state index in [1.807, 2.05) is 0 Å². The van der Waals surface area contributed by atoms with Gasteiger partial charge in [-0.2, -0.15) is 9.90 Å². The smallest absolute Gasteiger partial charge is 0.318 e. The zero-order valence-electron chi connectivity index (χ0n) is 15.2. The van der Waals surface area contributed by atoms with E-state index in [0.717, 1.165) is 17.1 Å². The summed E-state index contributed by atoms with van der Waals surface area (Å²) in [5.74, 6) is -1.33. The van der Waals surface area contributed by atoms with Crippen LogP contribution in [0.4, 0.5) is 11.4 Å². The van der Waals surface area contributed by atoms with Crippen LogP contribution in [-0.2, 0) is 11.3 Å². The van der Waals surface area contributed by atoms with Gasteiger partial charge in [0.25, 0.3) is 11.6 Å². The maximum Gasteiger partial charge on any atom is 0.318 e. The van der Waals surface area contributed by atoms with Gasteiger partial charge < -0.3 is 5.11 Å². The number of hydrogen-bond acceptors (Lipinski definition) is 10. The van der Waals surface area contributed by atoms with Crippen molar-refractivity contribution >= 4 is 35.1 Å². The van der Waals surface area contributed by atoms with Crippen LogP contribution in [-0.4, -0.2) is 47.3 Å². The first-order valence-corrected chi connectivity index (χ1v) is 8.64. The number of amides is 1. The number of hydrazone groups is 1. The minimum atomic E-state index is -0.981. The molecule has 2 N–H and O–H groups in total. The Hall–Kier alpha value is -4.46. The third-order valence-electron chi connectivity index (χ3n) is 3.76. The van der Waals surface area contributed by atoms with E-state index in [0.29, 0.717) is 16.7 Å². The lowest BCUT2D eigenvalue weighted by Crippen LogP contribution is -2.24. The van der Waals surface area contributed by atoms with Crippen LogP contribution in [0.2, 0.25) is 5.02 Å². The molecule has 1 heterocycles. The Kier molecular flexibility index (Phi) is 6.11. The molecule has 0 radical (unpaired) electrons. The second-order valence-electron chi connectivity index (χ2n) is 5.83. The molecule has 0 atom stereocenters. The molecule has 31 heavy (non-hydrogen) atoms. The van der Waals surface area contributed by atoms with E-state index in [1.165, 1.54) is 0 Å². The molecule has 1 amide bonds. The number of phenols is 1. The van der Waals surface area contributed by atoms with Crippen molar-refractivity contribution in [2.24, 2.45) is 5.10 Å². The molecule has 3 rings (SSSR count). The van der Waals surface area contributed by atoms with E-state index in [4.69, 9.17) is 11.6 Å². The van der Waals surface area contributed by atoms with Gasteiger partial charge in [0.2, 0.25) is 11.6 Å². The average Bonchev–Trinajstić information content (AvgIpc) is 3.17. The Morgan fingerprint density at radius 1 is 1.26 bits per heavy atom. The summed E-state index contributed by atoms with van der Waals surface area (Å²) in [4.78, 5) is 33.0. The molecular formula is C16H11ClN8O6. The highest BCUT2D eigenvalue weighted by Crippen LogP contribution is 2.33. The van der Waals surface area contributed by atoms with Gasteiger partial charge in [0.1, 0.15) is 6.54 Å². The lowest BCUT2D eigenvalue weighted by atomic mass is 10.1. The molecule has 0 fully saturated rings. The number of aromatic hydroxyl groups is 1. The highest BCUT2D eigenvalue weighted by atomic mass is 35.5. The van der Waals surface area contributed by atoms with E-state index in [2.05, 4.69) is 25.9 Å². The summed E-state index contributed by atoms with van der Waals surface area (Å²) in [6.45, 7) is -0.379. The van der Waals surface area contributed by atoms with Crippen LogP contribution in [0.1, 0.15) is 5.56 Å². The monoisotopic (exact) mass is 446 g/mol. The van der Waals surface area contributed by atoms with Crippen LogP contribution in [0.25, 0.3) is 11.4 Å². The first kappa shape index (κ1) is 21.3. The van der Waals surface area contributed by atoms with E-state index in [-0.39, 0.29) is 17.9 Å². The summed E-state index contributed by atoms with van der Waals surface area (Å²) in [5.41, 5.74) is 0.779. The van der Waals surface area contributed by atoms with Gasteiger partial charge in [0, 0.05) is 11.6 Å². The number of benzene rings is 2. The molecule has 3 aromatic rings. The number of aromatic nitrogens is 4. The van der Waals surface area contributed by atoms with Crippen LogP contribution in [0.15, 0.2) is 41.5 Å². The summed E-state index contributed by atoms with van der Waals surface area (Å²) in [6.07, 6.45) is 0.831. The summed E-state index contributed by atoms with van der Waals surface area (Å²) in [5, 5.41) is 47.2. The Morgan fingerprint density at radius 2 is 2.00 bits per heavy atom. The van der Waals surface area contributed by atoms with Gasteiger partial charge >= 0.3 is 5.69 Å². The number of non-ortho nitro benzene ring substituents is 1. The molecule has 0 bridgehead atoms. The fourth-order valence-electron chi connectivity index (χ4n) is 2.37. The van der Waals surface area contributed by atoms with Gasteiger partial charge in [-0.1, -0.05) is 23.7 Å². The van der Waals surface area contributed by atoms with Crippen LogP contribution in [0.5, 0.6) is 5.75 Å². The van der Waals surface area contributed by atoms with Crippen molar-refractivity contribution in [1.82, 2.24) is 25.6 Å². The SMILES string of the molecule is O=C(Cn1nnc(-c2ccccc2Cl)n1)NN=Cc1cc([N+](=O)[O-])cc([N+](=O)[O-])c1O. The van der Waals surface area contributed by atoms with E-state index in [1.54, 1.807) is 24.3 Å². The molecule has 0 aliphatic carbocycles.